The Balaban J connectivity index is 2.51. The van der Waals surface area contributed by atoms with E-state index < -0.39 is 8.32 Å². The van der Waals surface area contributed by atoms with Gasteiger partial charge in [-0.3, -0.25) is 4.79 Å². The number of hydrogen-bond donors (Lipinski definition) is 1. The molecule has 3 nitrogen and oxygen atoms in total. The van der Waals surface area contributed by atoms with Gasteiger partial charge in [-0.2, -0.15) is 0 Å². The van der Waals surface area contributed by atoms with E-state index in [1.165, 1.54) is 0 Å². The summed E-state index contributed by atoms with van der Waals surface area (Å²) in [5.41, 5.74) is 2.76. The first kappa shape index (κ1) is 17.7. The average Bonchev–Trinajstić information content (AvgIpc) is 2.43. The molecule has 1 aromatic heterocycles. The molecule has 0 saturated heterocycles. The first-order valence-corrected chi connectivity index (χ1v) is 10.9. The van der Waals surface area contributed by atoms with E-state index >= 15 is 0 Å². The van der Waals surface area contributed by atoms with Crippen molar-refractivity contribution in [1.29, 1.82) is 0 Å². The van der Waals surface area contributed by atoms with Gasteiger partial charge in [-0.25, -0.2) is 0 Å². The van der Waals surface area contributed by atoms with Crippen molar-refractivity contribution in [3.63, 3.8) is 0 Å². The summed E-state index contributed by atoms with van der Waals surface area (Å²) in [5, 5.41) is 0.101. The van der Waals surface area contributed by atoms with Gasteiger partial charge in [0.1, 0.15) is 6.10 Å². The molecule has 0 aliphatic rings. The highest BCUT2D eigenvalue weighted by Gasteiger charge is 2.40. The van der Waals surface area contributed by atoms with E-state index in [0.717, 1.165) is 17.0 Å². The van der Waals surface area contributed by atoms with Crippen LogP contribution in [0.5, 0.6) is 0 Å². The van der Waals surface area contributed by atoms with Crippen LogP contribution < -0.4 is 5.43 Å². The molecule has 0 bridgehead atoms. The zero-order valence-electron chi connectivity index (χ0n) is 14.9. The molecule has 0 radical (unpaired) electrons. The molecule has 1 heterocycles. The van der Waals surface area contributed by atoms with Gasteiger partial charge in [0.25, 0.3) is 0 Å². The van der Waals surface area contributed by atoms with Crippen LogP contribution in [-0.4, -0.2) is 13.3 Å². The molecule has 2 rings (SSSR count). The van der Waals surface area contributed by atoms with Crippen molar-refractivity contribution >= 4 is 8.32 Å². The van der Waals surface area contributed by atoms with Crippen LogP contribution in [0.3, 0.4) is 0 Å². The monoisotopic (exact) mass is 329 g/mol. The molecular formula is C19H27NO2Si. The molecule has 0 saturated carbocycles. The van der Waals surface area contributed by atoms with Crippen LogP contribution >= 0.6 is 0 Å². The lowest BCUT2D eigenvalue weighted by atomic mass is 10.1. The molecule has 23 heavy (non-hydrogen) atoms. The van der Waals surface area contributed by atoms with Crippen LogP contribution in [0, 0.1) is 6.92 Å². The van der Waals surface area contributed by atoms with Crippen molar-refractivity contribution in [2.24, 2.45) is 0 Å². The van der Waals surface area contributed by atoms with Gasteiger partial charge in [0, 0.05) is 17.8 Å². The minimum absolute atomic E-state index is 0.0102. The van der Waals surface area contributed by atoms with Crippen LogP contribution in [0.2, 0.25) is 18.1 Å². The molecular weight excluding hydrogens is 302 g/mol. The van der Waals surface area contributed by atoms with Gasteiger partial charge >= 0.3 is 0 Å². The van der Waals surface area contributed by atoms with Crippen LogP contribution in [0.25, 0.3) is 0 Å². The van der Waals surface area contributed by atoms with E-state index in [9.17, 15) is 4.79 Å². The summed E-state index contributed by atoms with van der Waals surface area (Å²) < 4.78 is 6.65. The molecule has 4 heteroatoms. The summed E-state index contributed by atoms with van der Waals surface area (Å²) in [6.45, 7) is 13.0. The minimum Gasteiger partial charge on any atom is -0.404 e. The molecule has 1 N–H and O–H groups in total. The topological polar surface area (TPSA) is 42.1 Å². The molecule has 0 spiro atoms. The van der Waals surface area contributed by atoms with Gasteiger partial charge in [0.15, 0.2) is 13.7 Å². The average molecular weight is 330 g/mol. The molecule has 1 atom stereocenters. The molecule has 2 aromatic rings. The van der Waals surface area contributed by atoms with Gasteiger partial charge in [-0.1, -0.05) is 51.1 Å². The highest BCUT2D eigenvalue weighted by Crippen LogP contribution is 2.41. The fraction of sp³-hybridized carbons (Fsp3) is 0.421. The number of H-pyrrole nitrogens is 1. The third kappa shape index (κ3) is 4.21. The number of aromatic amines is 1. The fourth-order valence-electron chi connectivity index (χ4n) is 2.26. The quantitative estimate of drug-likeness (QED) is 0.819. The van der Waals surface area contributed by atoms with Crippen molar-refractivity contribution in [2.75, 3.05) is 0 Å². The van der Waals surface area contributed by atoms with E-state index in [4.69, 9.17) is 4.43 Å². The Bertz CT molecular complexity index is 714. The number of aromatic nitrogens is 1. The SMILES string of the molecule is Cc1cc(=O)cc([C@H](O[Si](C)(C)C(C)(C)C)c2ccccc2)[nH]1. The van der Waals surface area contributed by atoms with Crippen molar-refractivity contribution in [3.8, 4) is 0 Å². The lowest BCUT2D eigenvalue weighted by molar-refractivity contribution is 0.217. The van der Waals surface area contributed by atoms with E-state index in [2.05, 4.69) is 51.0 Å². The zero-order chi connectivity index (χ0) is 17.3. The summed E-state index contributed by atoms with van der Waals surface area (Å²) >= 11 is 0. The Kier molecular flexibility index (Phi) is 4.97. The van der Waals surface area contributed by atoms with E-state index in [0.29, 0.717) is 0 Å². The highest BCUT2D eigenvalue weighted by molar-refractivity contribution is 6.74. The maximum absolute atomic E-state index is 11.9. The van der Waals surface area contributed by atoms with Crippen molar-refractivity contribution in [1.82, 2.24) is 4.98 Å². The molecule has 0 aliphatic heterocycles. The summed E-state index contributed by atoms with van der Waals surface area (Å²) in [6.07, 6.45) is -0.246. The standard InChI is InChI=1S/C19H27NO2Si/c1-14-12-16(21)13-17(20-14)18(15-10-8-7-9-11-15)22-23(5,6)19(2,3)4/h7-13,18H,1-6H3,(H,20,21)/t18-/m1/s1. The molecule has 0 fully saturated rings. The predicted octanol–water partition coefficient (Wildman–Crippen LogP) is 4.79. The maximum atomic E-state index is 11.9. The lowest BCUT2D eigenvalue weighted by Crippen LogP contribution is -2.42. The van der Waals surface area contributed by atoms with Crippen LogP contribution in [0.1, 0.15) is 43.8 Å². The Morgan fingerprint density at radius 1 is 1.09 bits per heavy atom. The van der Waals surface area contributed by atoms with Crippen LogP contribution in [0.4, 0.5) is 0 Å². The molecule has 0 amide bonds. The second-order valence-electron chi connectivity index (χ2n) is 7.62. The van der Waals surface area contributed by atoms with Gasteiger partial charge in [-0.15, -0.1) is 0 Å². The second kappa shape index (κ2) is 6.46. The van der Waals surface area contributed by atoms with Gasteiger partial charge in [0.2, 0.25) is 0 Å². The Hall–Kier alpha value is -1.65. The number of rotatable bonds is 4. The third-order valence-corrected chi connectivity index (χ3v) is 9.04. The lowest BCUT2D eigenvalue weighted by Gasteiger charge is -2.39. The molecule has 0 aliphatic carbocycles. The Labute approximate surface area is 139 Å². The highest BCUT2D eigenvalue weighted by atomic mass is 28.4. The van der Waals surface area contributed by atoms with Gasteiger partial charge in [0.05, 0.1) is 5.69 Å². The van der Waals surface area contributed by atoms with E-state index in [1.807, 2.05) is 25.1 Å². The maximum Gasteiger partial charge on any atom is 0.193 e. The van der Waals surface area contributed by atoms with Gasteiger partial charge < -0.3 is 9.41 Å². The summed E-state index contributed by atoms with van der Waals surface area (Å²) in [4.78, 5) is 15.3. The number of benzene rings is 1. The summed E-state index contributed by atoms with van der Waals surface area (Å²) in [7, 11) is -1.99. The number of nitrogens with one attached hydrogen (secondary N) is 1. The number of aryl methyl sites for hydroxylation is 1. The van der Waals surface area contributed by atoms with Gasteiger partial charge in [-0.05, 0) is 30.6 Å². The fourth-order valence-corrected chi connectivity index (χ4v) is 3.47. The third-order valence-electron chi connectivity index (χ3n) is 4.60. The number of pyridine rings is 1. The predicted molar refractivity (Wildman–Crippen MR) is 98.4 cm³/mol. The molecule has 1 aromatic carbocycles. The van der Waals surface area contributed by atoms with E-state index in [-0.39, 0.29) is 16.6 Å². The van der Waals surface area contributed by atoms with Crippen LogP contribution in [0.15, 0.2) is 47.3 Å². The van der Waals surface area contributed by atoms with Crippen molar-refractivity contribution < 1.29 is 4.43 Å². The zero-order valence-corrected chi connectivity index (χ0v) is 15.9. The Morgan fingerprint density at radius 3 is 2.22 bits per heavy atom. The largest absolute Gasteiger partial charge is 0.404 e. The Morgan fingerprint density at radius 2 is 1.70 bits per heavy atom. The second-order valence-corrected chi connectivity index (χ2v) is 12.4. The minimum atomic E-state index is -1.99. The van der Waals surface area contributed by atoms with Crippen LogP contribution in [-0.2, 0) is 4.43 Å². The van der Waals surface area contributed by atoms with E-state index in [1.54, 1.807) is 12.1 Å². The number of hydrogen-bond acceptors (Lipinski definition) is 2. The van der Waals surface area contributed by atoms with Crippen molar-refractivity contribution in [3.05, 3.63) is 69.6 Å². The molecule has 0 unspecified atom stereocenters. The molecule has 124 valence electrons. The normalized spacial score (nSPS) is 13.8. The van der Waals surface area contributed by atoms with Crippen molar-refractivity contribution in [2.45, 2.75) is 51.9 Å². The smallest absolute Gasteiger partial charge is 0.193 e. The first-order valence-electron chi connectivity index (χ1n) is 8.04. The summed E-state index contributed by atoms with van der Waals surface area (Å²) in [6, 6.07) is 13.4. The first-order chi connectivity index (χ1) is 10.6. The summed E-state index contributed by atoms with van der Waals surface area (Å²) in [5.74, 6) is 0.